The highest BCUT2D eigenvalue weighted by Gasteiger charge is 2.22. The molecule has 0 radical (unpaired) electrons. The first-order chi connectivity index (χ1) is 8.58. The molecule has 1 atom stereocenters. The fourth-order valence-electron chi connectivity index (χ4n) is 1.22. The lowest BCUT2D eigenvalue weighted by molar-refractivity contribution is -0.387. The molecule has 0 saturated heterocycles. The highest BCUT2D eigenvalue weighted by Crippen LogP contribution is 2.42. The lowest BCUT2D eigenvalue weighted by Crippen LogP contribution is -1.88. The Balaban J connectivity index is 2.34. The van der Waals surface area contributed by atoms with Crippen molar-refractivity contribution in [2.75, 3.05) is 0 Å². The molecule has 8 heteroatoms. The molecule has 94 valence electrons. The normalized spacial score (nSPS) is 12.3. The van der Waals surface area contributed by atoms with Crippen molar-refractivity contribution in [1.82, 2.24) is 9.97 Å². The fraction of sp³-hybridized carbons (Fsp3) is 0.200. The third-order valence-corrected chi connectivity index (χ3v) is 4.49. The largest absolute Gasteiger partial charge is 0.388 e. The molecule has 6 nitrogen and oxygen atoms in total. The summed E-state index contributed by atoms with van der Waals surface area (Å²) in [6.45, 7) is 1.58. The van der Waals surface area contributed by atoms with Gasteiger partial charge in [0.15, 0.2) is 0 Å². The van der Waals surface area contributed by atoms with Crippen LogP contribution in [0.3, 0.4) is 0 Å². The molecule has 0 unspecified atom stereocenters. The second kappa shape index (κ2) is 5.42. The van der Waals surface area contributed by atoms with Crippen LogP contribution in [-0.2, 0) is 0 Å². The van der Waals surface area contributed by atoms with Crippen LogP contribution in [0.1, 0.15) is 17.9 Å². The average molecular weight is 283 g/mol. The van der Waals surface area contributed by atoms with Crippen molar-refractivity contribution in [1.29, 1.82) is 0 Å². The minimum absolute atomic E-state index is 0.000452. The van der Waals surface area contributed by atoms with Crippen molar-refractivity contribution in [2.45, 2.75) is 22.3 Å². The number of nitro groups is 1. The van der Waals surface area contributed by atoms with Crippen LogP contribution in [0.5, 0.6) is 0 Å². The summed E-state index contributed by atoms with van der Waals surface area (Å²) in [7, 11) is 0. The van der Waals surface area contributed by atoms with Crippen LogP contribution in [0.2, 0.25) is 0 Å². The smallest absolute Gasteiger partial charge is 0.294 e. The van der Waals surface area contributed by atoms with Gasteiger partial charge in [0.1, 0.15) is 15.6 Å². The van der Waals surface area contributed by atoms with E-state index in [0.717, 1.165) is 0 Å². The third-order valence-electron chi connectivity index (χ3n) is 2.06. The van der Waals surface area contributed by atoms with E-state index in [2.05, 4.69) is 9.97 Å². The van der Waals surface area contributed by atoms with Crippen molar-refractivity contribution in [2.24, 2.45) is 0 Å². The SMILES string of the molecule is C[C@@H](O)c1cc([N+](=O)[O-])c(Sc2ccncn2)s1. The van der Waals surface area contributed by atoms with E-state index in [1.165, 1.54) is 35.5 Å². The van der Waals surface area contributed by atoms with Gasteiger partial charge in [0.05, 0.1) is 11.0 Å². The zero-order chi connectivity index (χ0) is 13.1. The maximum atomic E-state index is 10.9. The van der Waals surface area contributed by atoms with Crippen molar-refractivity contribution in [3.8, 4) is 0 Å². The van der Waals surface area contributed by atoms with E-state index in [1.54, 1.807) is 19.2 Å². The number of aromatic nitrogens is 2. The lowest BCUT2D eigenvalue weighted by Gasteiger charge is -1.97. The van der Waals surface area contributed by atoms with Gasteiger partial charge in [-0.05, 0) is 13.0 Å². The van der Waals surface area contributed by atoms with Gasteiger partial charge in [-0.3, -0.25) is 10.1 Å². The Kier molecular flexibility index (Phi) is 3.90. The van der Waals surface area contributed by atoms with E-state index in [4.69, 9.17) is 0 Å². The molecule has 0 aliphatic carbocycles. The molecule has 18 heavy (non-hydrogen) atoms. The average Bonchev–Trinajstić information content (AvgIpc) is 2.74. The van der Waals surface area contributed by atoms with E-state index >= 15 is 0 Å². The van der Waals surface area contributed by atoms with Crippen molar-refractivity contribution in [3.63, 3.8) is 0 Å². The first-order valence-electron chi connectivity index (χ1n) is 4.98. The summed E-state index contributed by atoms with van der Waals surface area (Å²) in [5.74, 6) is 0. The zero-order valence-electron chi connectivity index (χ0n) is 9.31. The second-order valence-electron chi connectivity index (χ2n) is 3.40. The Morgan fingerprint density at radius 3 is 2.94 bits per heavy atom. The van der Waals surface area contributed by atoms with Crippen LogP contribution in [0, 0.1) is 10.1 Å². The minimum atomic E-state index is -0.714. The number of hydrogen-bond acceptors (Lipinski definition) is 7. The summed E-state index contributed by atoms with van der Waals surface area (Å²) in [6, 6.07) is 3.08. The maximum absolute atomic E-state index is 10.9. The minimum Gasteiger partial charge on any atom is -0.388 e. The number of nitrogens with zero attached hydrogens (tertiary/aromatic N) is 3. The molecule has 0 bridgehead atoms. The van der Waals surface area contributed by atoms with E-state index in [9.17, 15) is 15.2 Å². The van der Waals surface area contributed by atoms with E-state index in [0.29, 0.717) is 14.1 Å². The van der Waals surface area contributed by atoms with Gasteiger partial charge in [0.2, 0.25) is 0 Å². The van der Waals surface area contributed by atoms with Crippen molar-refractivity contribution in [3.05, 3.63) is 39.6 Å². The van der Waals surface area contributed by atoms with Gasteiger partial charge in [-0.2, -0.15) is 0 Å². The summed E-state index contributed by atoms with van der Waals surface area (Å²) in [4.78, 5) is 18.8. The van der Waals surface area contributed by atoms with Crippen LogP contribution >= 0.6 is 23.1 Å². The molecule has 0 fully saturated rings. The van der Waals surface area contributed by atoms with Gasteiger partial charge in [-0.15, -0.1) is 11.3 Å². The highest BCUT2D eigenvalue weighted by atomic mass is 32.2. The van der Waals surface area contributed by atoms with Gasteiger partial charge in [-0.1, -0.05) is 11.8 Å². The number of hydrogen-bond donors (Lipinski definition) is 1. The molecule has 2 rings (SSSR count). The van der Waals surface area contributed by atoms with Crippen LogP contribution in [-0.4, -0.2) is 20.0 Å². The Labute approximate surface area is 111 Å². The molecule has 0 spiro atoms. The zero-order valence-corrected chi connectivity index (χ0v) is 10.9. The molecule has 0 aliphatic heterocycles. The fourth-order valence-corrected chi connectivity index (χ4v) is 3.38. The standard InChI is InChI=1S/C10H9N3O3S2/c1-6(14)8-4-7(13(15)16)10(17-8)18-9-2-3-11-5-12-9/h2-6,14H,1H3/t6-/m1/s1. The summed E-state index contributed by atoms with van der Waals surface area (Å²) in [6.07, 6.45) is 2.25. The lowest BCUT2D eigenvalue weighted by atomic mass is 10.3. The summed E-state index contributed by atoms with van der Waals surface area (Å²) in [5, 5.41) is 21.0. The molecular formula is C10H9N3O3S2. The molecule has 2 heterocycles. The maximum Gasteiger partial charge on any atom is 0.294 e. The summed E-state index contributed by atoms with van der Waals surface area (Å²) >= 11 is 2.40. The molecule has 0 amide bonds. The summed E-state index contributed by atoms with van der Waals surface area (Å²) < 4.78 is 0.509. The number of aliphatic hydroxyl groups excluding tert-OH is 1. The molecule has 1 N–H and O–H groups in total. The first kappa shape index (κ1) is 12.9. The topological polar surface area (TPSA) is 89.2 Å². The van der Waals surface area contributed by atoms with Crippen LogP contribution < -0.4 is 0 Å². The van der Waals surface area contributed by atoms with Gasteiger partial charge in [-0.25, -0.2) is 9.97 Å². The Bertz CT molecular complexity index is 557. The molecular weight excluding hydrogens is 274 g/mol. The quantitative estimate of drug-likeness (QED) is 0.527. The molecule has 2 aromatic rings. The number of rotatable bonds is 4. The van der Waals surface area contributed by atoms with Crippen molar-refractivity contribution >= 4 is 28.8 Å². The van der Waals surface area contributed by atoms with E-state index in [-0.39, 0.29) is 5.69 Å². The Hall–Kier alpha value is -1.51. The Morgan fingerprint density at radius 2 is 2.39 bits per heavy atom. The molecule has 2 aromatic heterocycles. The predicted molar refractivity (Wildman–Crippen MR) is 67.8 cm³/mol. The number of aliphatic hydroxyl groups is 1. The van der Waals surface area contributed by atoms with Gasteiger partial charge >= 0.3 is 0 Å². The van der Waals surface area contributed by atoms with Crippen molar-refractivity contribution < 1.29 is 10.0 Å². The van der Waals surface area contributed by atoms with Crippen LogP contribution in [0.15, 0.2) is 33.9 Å². The van der Waals surface area contributed by atoms with Crippen LogP contribution in [0.25, 0.3) is 0 Å². The monoisotopic (exact) mass is 283 g/mol. The predicted octanol–water partition coefficient (Wildman–Crippen LogP) is 2.65. The Morgan fingerprint density at radius 1 is 1.61 bits per heavy atom. The molecule has 0 aromatic carbocycles. The first-order valence-corrected chi connectivity index (χ1v) is 6.61. The van der Waals surface area contributed by atoms with Crippen LogP contribution in [0.4, 0.5) is 5.69 Å². The van der Waals surface area contributed by atoms with E-state index < -0.39 is 11.0 Å². The van der Waals surface area contributed by atoms with Gasteiger partial charge in [0, 0.05) is 17.1 Å². The highest BCUT2D eigenvalue weighted by molar-refractivity contribution is 8.01. The van der Waals surface area contributed by atoms with E-state index in [1.807, 2.05) is 0 Å². The summed E-state index contributed by atoms with van der Waals surface area (Å²) in [5.41, 5.74) is -0.000452. The number of thiophene rings is 1. The van der Waals surface area contributed by atoms with Gasteiger partial charge < -0.3 is 5.11 Å². The molecule has 0 saturated carbocycles. The molecule has 0 aliphatic rings. The van der Waals surface area contributed by atoms with Gasteiger partial charge in [0.25, 0.3) is 5.69 Å². The second-order valence-corrected chi connectivity index (χ2v) is 5.78. The third kappa shape index (κ3) is 2.84.